The van der Waals surface area contributed by atoms with Gasteiger partial charge in [-0.25, -0.2) is 0 Å². The van der Waals surface area contributed by atoms with Gasteiger partial charge in [0.25, 0.3) is 0 Å². The summed E-state index contributed by atoms with van der Waals surface area (Å²) in [5, 5.41) is 8.10. The fourth-order valence-electron chi connectivity index (χ4n) is 3.26. The lowest BCUT2D eigenvalue weighted by atomic mass is 10.1. The summed E-state index contributed by atoms with van der Waals surface area (Å²) in [5.74, 6) is 0.827. The van der Waals surface area contributed by atoms with Crippen LogP contribution in [0.3, 0.4) is 0 Å². The van der Waals surface area contributed by atoms with Gasteiger partial charge >= 0.3 is 0 Å². The zero-order valence-corrected chi connectivity index (χ0v) is 16.4. The summed E-state index contributed by atoms with van der Waals surface area (Å²) >= 11 is 0. The van der Waals surface area contributed by atoms with Gasteiger partial charge in [0, 0.05) is 43.8 Å². The number of hydrogen-bond acceptors (Lipinski definition) is 2. The van der Waals surface area contributed by atoms with E-state index < -0.39 is 0 Å². The summed E-state index contributed by atoms with van der Waals surface area (Å²) in [6.45, 7) is 2.54. The van der Waals surface area contributed by atoms with E-state index in [1.54, 1.807) is 0 Å². The van der Waals surface area contributed by atoms with Crippen molar-refractivity contribution in [2.45, 2.75) is 19.5 Å². The van der Waals surface area contributed by atoms with Crippen molar-refractivity contribution in [2.75, 3.05) is 27.7 Å². The van der Waals surface area contributed by atoms with Gasteiger partial charge in [0.1, 0.15) is 0 Å². The van der Waals surface area contributed by atoms with Gasteiger partial charge in [-0.3, -0.25) is 4.99 Å². The molecule has 0 aliphatic heterocycles. The minimum Gasteiger partial charge on any atom is -0.361 e. The number of hydrogen-bond donors (Lipinski definition) is 3. The number of aromatic amines is 1. The number of rotatable bonds is 7. The number of guanidine groups is 1. The Balaban J connectivity index is 1.50. The Morgan fingerprint density at radius 2 is 1.85 bits per heavy atom. The number of nitrogens with one attached hydrogen (secondary N) is 3. The van der Waals surface area contributed by atoms with E-state index in [1.165, 1.54) is 27.6 Å². The highest BCUT2D eigenvalue weighted by atomic mass is 15.2. The van der Waals surface area contributed by atoms with E-state index in [4.69, 9.17) is 0 Å². The second-order valence-electron chi connectivity index (χ2n) is 7.02. The van der Waals surface area contributed by atoms with Crippen LogP contribution in [0.25, 0.3) is 10.9 Å². The van der Waals surface area contributed by atoms with E-state index in [9.17, 15) is 0 Å². The molecule has 27 heavy (non-hydrogen) atoms. The summed E-state index contributed by atoms with van der Waals surface area (Å²) < 4.78 is 0. The van der Waals surface area contributed by atoms with Crippen molar-refractivity contribution in [2.24, 2.45) is 4.99 Å². The zero-order valence-electron chi connectivity index (χ0n) is 16.4. The highest BCUT2D eigenvalue weighted by Gasteiger charge is 2.04. The minimum atomic E-state index is 0.758. The molecule has 0 bridgehead atoms. The highest BCUT2D eigenvalue weighted by molar-refractivity contribution is 5.83. The summed E-state index contributed by atoms with van der Waals surface area (Å²) in [5.41, 5.74) is 5.09. The monoisotopic (exact) mass is 363 g/mol. The largest absolute Gasteiger partial charge is 0.361 e. The molecule has 0 atom stereocenters. The number of para-hydroxylation sites is 1. The van der Waals surface area contributed by atoms with E-state index in [2.05, 4.69) is 94.3 Å². The molecule has 5 nitrogen and oxygen atoms in total. The minimum absolute atomic E-state index is 0.758. The number of fused-ring (bicyclic) bond motifs is 1. The Bertz CT molecular complexity index is 894. The van der Waals surface area contributed by atoms with Crippen LogP contribution < -0.4 is 10.6 Å². The van der Waals surface area contributed by atoms with E-state index in [0.717, 1.165) is 32.0 Å². The molecule has 0 saturated heterocycles. The normalized spacial score (nSPS) is 11.9. The van der Waals surface area contributed by atoms with Crippen LogP contribution >= 0.6 is 0 Å². The number of aliphatic imine (C=N–C) groups is 1. The Hall–Kier alpha value is -2.79. The Labute approximate surface area is 161 Å². The molecule has 0 saturated carbocycles. The fourth-order valence-corrected chi connectivity index (χ4v) is 3.26. The molecule has 0 amide bonds. The van der Waals surface area contributed by atoms with Gasteiger partial charge in [-0.2, -0.15) is 0 Å². The van der Waals surface area contributed by atoms with E-state index in [1.807, 2.05) is 7.05 Å². The first-order valence-electron chi connectivity index (χ1n) is 9.38. The van der Waals surface area contributed by atoms with Crippen LogP contribution in [0.5, 0.6) is 0 Å². The highest BCUT2D eigenvalue weighted by Crippen LogP contribution is 2.17. The van der Waals surface area contributed by atoms with Gasteiger partial charge in [0.2, 0.25) is 0 Å². The van der Waals surface area contributed by atoms with Gasteiger partial charge in [-0.1, -0.05) is 42.5 Å². The Morgan fingerprint density at radius 3 is 2.67 bits per heavy atom. The lowest BCUT2D eigenvalue weighted by molar-refractivity contribution is 0.402. The molecular formula is C22H29N5. The van der Waals surface area contributed by atoms with Crippen LogP contribution in [0.4, 0.5) is 0 Å². The van der Waals surface area contributed by atoms with E-state index in [0.29, 0.717) is 0 Å². The van der Waals surface area contributed by atoms with Crippen LogP contribution in [-0.2, 0) is 19.5 Å². The van der Waals surface area contributed by atoms with Crippen LogP contribution in [-0.4, -0.2) is 43.5 Å². The number of benzene rings is 2. The third-order valence-electron chi connectivity index (χ3n) is 4.54. The molecule has 0 aliphatic rings. The number of nitrogens with zero attached hydrogens (tertiary/aromatic N) is 2. The van der Waals surface area contributed by atoms with E-state index >= 15 is 0 Å². The van der Waals surface area contributed by atoms with E-state index in [-0.39, 0.29) is 0 Å². The summed E-state index contributed by atoms with van der Waals surface area (Å²) in [7, 11) is 5.98. The van der Waals surface area contributed by atoms with Crippen molar-refractivity contribution >= 4 is 16.9 Å². The quantitative estimate of drug-likeness (QED) is 0.446. The summed E-state index contributed by atoms with van der Waals surface area (Å²) in [6.07, 6.45) is 3.04. The van der Waals surface area contributed by atoms with Crippen LogP contribution in [0.1, 0.15) is 16.7 Å². The molecule has 1 aromatic heterocycles. The lowest BCUT2D eigenvalue weighted by Gasteiger charge is -2.13. The summed E-state index contributed by atoms with van der Waals surface area (Å²) in [4.78, 5) is 9.84. The van der Waals surface area contributed by atoms with Gasteiger partial charge in [0.05, 0.1) is 0 Å². The maximum Gasteiger partial charge on any atom is 0.191 e. The van der Waals surface area contributed by atoms with Crippen molar-refractivity contribution in [3.8, 4) is 0 Å². The van der Waals surface area contributed by atoms with Crippen molar-refractivity contribution < 1.29 is 0 Å². The molecule has 0 aliphatic carbocycles. The lowest BCUT2D eigenvalue weighted by Crippen LogP contribution is -2.37. The maximum atomic E-state index is 4.33. The molecule has 142 valence electrons. The number of aromatic nitrogens is 1. The average molecular weight is 364 g/mol. The average Bonchev–Trinajstić information content (AvgIpc) is 3.07. The first-order chi connectivity index (χ1) is 13.2. The predicted molar refractivity (Wildman–Crippen MR) is 114 cm³/mol. The van der Waals surface area contributed by atoms with Gasteiger partial charge < -0.3 is 20.5 Å². The van der Waals surface area contributed by atoms with Crippen molar-refractivity contribution in [1.82, 2.24) is 20.5 Å². The fraction of sp³-hybridized carbons (Fsp3) is 0.318. The second kappa shape index (κ2) is 9.24. The third kappa shape index (κ3) is 5.34. The molecule has 0 unspecified atom stereocenters. The maximum absolute atomic E-state index is 4.33. The third-order valence-corrected chi connectivity index (χ3v) is 4.54. The first-order valence-corrected chi connectivity index (χ1v) is 9.38. The van der Waals surface area contributed by atoms with Gasteiger partial charge in [-0.15, -0.1) is 0 Å². The van der Waals surface area contributed by atoms with Crippen molar-refractivity contribution in [1.29, 1.82) is 0 Å². The molecule has 3 N–H and O–H groups in total. The van der Waals surface area contributed by atoms with Crippen molar-refractivity contribution in [3.63, 3.8) is 0 Å². The topological polar surface area (TPSA) is 55.5 Å². The molecule has 3 rings (SSSR count). The standard InChI is InChI=1S/C22H29N5/c1-23-22(26-14-17-7-6-8-18(13-17)16-27(2)3)24-12-11-19-15-25-21-10-5-4-9-20(19)21/h4-10,13,15,25H,11-12,14,16H2,1-3H3,(H2,23,24,26). The molecule has 0 spiro atoms. The van der Waals surface area contributed by atoms with Crippen molar-refractivity contribution in [3.05, 3.63) is 71.4 Å². The molecule has 5 heteroatoms. The Morgan fingerprint density at radius 1 is 1.04 bits per heavy atom. The second-order valence-corrected chi connectivity index (χ2v) is 7.02. The molecule has 0 fully saturated rings. The zero-order chi connectivity index (χ0) is 19.1. The molecule has 0 radical (unpaired) electrons. The first kappa shape index (κ1) is 19.0. The van der Waals surface area contributed by atoms with Crippen LogP contribution in [0.15, 0.2) is 59.7 Å². The smallest absolute Gasteiger partial charge is 0.191 e. The molecule has 1 heterocycles. The SMILES string of the molecule is CN=C(NCCc1c[nH]c2ccccc12)NCc1cccc(CN(C)C)c1. The molecule has 3 aromatic rings. The van der Waals surface area contributed by atoms with Crippen LogP contribution in [0, 0.1) is 0 Å². The number of H-pyrrole nitrogens is 1. The van der Waals surface area contributed by atoms with Gasteiger partial charge in [0.15, 0.2) is 5.96 Å². The van der Waals surface area contributed by atoms with Crippen LogP contribution in [0.2, 0.25) is 0 Å². The predicted octanol–water partition coefficient (Wildman–Crippen LogP) is 3.14. The Kier molecular flexibility index (Phi) is 6.49. The molecular weight excluding hydrogens is 334 g/mol. The van der Waals surface area contributed by atoms with Gasteiger partial charge in [-0.05, 0) is 43.3 Å². The summed E-state index contributed by atoms with van der Waals surface area (Å²) in [6, 6.07) is 17.1. The molecule has 2 aromatic carbocycles.